The molecule has 2 aromatic carbocycles. The van der Waals surface area contributed by atoms with E-state index in [0.29, 0.717) is 23.8 Å². The summed E-state index contributed by atoms with van der Waals surface area (Å²) in [7, 11) is 3.25. The third kappa shape index (κ3) is 7.96. The first-order chi connectivity index (χ1) is 17.0. The number of aliphatic hydroxyl groups is 1. The number of carbonyl (C=O) groups is 1. The van der Waals surface area contributed by atoms with Crippen molar-refractivity contribution in [3.63, 3.8) is 0 Å². The normalized spacial score (nSPS) is 17.0. The van der Waals surface area contributed by atoms with E-state index in [0.717, 1.165) is 41.8 Å². The lowest BCUT2D eigenvalue weighted by atomic mass is 9.92. The predicted molar refractivity (Wildman–Crippen MR) is 134 cm³/mol. The fourth-order valence-corrected chi connectivity index (χ4v) is 4.03. The van der Waals surface area contributed by atoms with Gasteiger partial charge in [-0.2, -0.15) is 13.2 Å². The highest BCUT2D eigenvalue weighted by Gasteiger charge is 2.30. The van der Waals surface area contributed by atoms with Crippen LogP contribution in [0.2, 0.25) is 0 Å². The molecule has 8 heteroatoms. The van der Waals surface area contributed by atoms with Crippen molar-refractivity contribution in [2.24, 2.45) is 5.92 Å². The number of hydrogen-bond donors (Lipinski definition) is 1. The average molecular weight is 506 g/mol. The topological polar surface area (TPSA) is 59.0 Å². The Morgan fingerprint density at radius 1 is 1.08 bits per heavy atom. The minimum absolute atomic E-state index is 0.0673. The molecule has 0 radical (unpaired) electrons. The number of ether oxygens (including phenoxy) is 2. The fourth-order valence-electron chi connectivity index (χ4n) is 4.03. The van der Waals surface area contributed by atoms with Crippen LogP contribution in [0.1, 0.15) is 48.7 Å². The average Bonchev–Trinajstić information content (AvgIpc) is 2.80. The summed E-state index contributed by atoms with van der Waals surface area (Å²) in [5, 5.41) is 7.57. The van der Waals surface area contributed by atoms with Crippen molar-refractivity contribution in [3.05, 3.63) is 82.6 Å². The number of halogens is 3. The maximum Gasteiger partial charge on any atom is 0.416 e. The van der Waals surface area contributed by atoms with Crippen LogP contribution in [0, 0.1) is 5.92 Å². The second-order valence-electron chi connectivity index (χ2n) is 8.60. The van der Waals surface area contributed by atoms with Crippen LogP contribution in [-0.2, 0) is 17.3 Å². The van der Waals surface area contributed by atoms with Gasteiger partial charge in [-0.25, -0.2) is 0 Å². The second kappa shape index (κ2) is 13.3. The molecule has 1 heterocycles. The van der Waals surface area contributed by atoms with Crippen LogP contribution in [0.4, 0.5) is 13.2 Å². The molecular formula is C28H34F3NO4. The first-order valence-electron chi connectivity index (χ1n) is 11.7. The Labute approximate surface area is 210 Å². The van der Waals surface area contributed by atoms with Crippen LogP contribution in [0.5, 0.6) is 11.5 Å². The number of rotatable bonds is 3. The molecule has 1 atom stereocenters. The van der Waals surface area contributed by atoms with Gasteiger partial charge in [-0.1, -0.05) is 24.6 Å². The lowest BCUT2D eigenvalue weighted by Gasteiger charge is -2.33. The molecule has 1 aliphatic carbocycles. The van der Waals surface area contributed by atoms with Crippen molar-refractivity contribution in [2.75, 3.05) is 27.4 Å². The summed E-state index contributed by atoms with van der Waals surface area (Å²) in [5.41, 5.74) is 2.97. The molecular weight excluding hydrogens is 471 g/mol. The summed E-state index contributed by atoms with van der Waals surface area (Å²) in [4.78, 5) is 15.0. The van der Waals surface area contributed by atoms with Crippen molar-refractivity contribution in [2.45, 2.75) is 39.8 Å². The number of hydrogen-bond acceptors (Lipinski definition) is 4. The van der Waals surface area contributed by atoms with Crippen LogP contribution in [0.3, 0.4) is 0 Å². The second-order valence-corrected chi connectivity index (χ2v) is 8.60. The quantitative estimate of drug-likeness (QED) is 0.509. The zero-order chi connectivity index (χ0) is 26.9. The number of carbonyl (C=O) groups excluding carboxylic acids is 1. The van der Waals surface area contributed by atoms with Crippen molar-refractivity contribution < 1.29 is 32.5 Å². The van der Waals surface area contributed by atoms with E-state index in [-0.39, 0.29) is 18.3 Å². The molecule has 0 saturated heterocycles. The third-order valence-electron chi connectivity index (χ3n) is 5.40. The van der Waals surface area contributed by atoms with Crippen molar-refractivity contribution >= 4 is 5.91 Å². The summed E-state index contributed by atoms with van der Waals surface area (Å²) in [6.07, 6.45) is 1.43. The van der Waals surface area contributed by atoms with Gasteiger partial charge in [0, 0.05) is 38.6 Å². The molecule has 5 nitrogen and oxygen atoms in total. The SMILES string of the molecule is CC1=CC(C)CC(N2CCc3ccc(Oc4ccc(C(F)(F)F)cc4)cc3C2=O)=C1.CCO.COC. The number of amides is 1. The van der Waals surface area contributed by atoms with Gasteiger partial charge in [0.15, 0.2) is 0 Å². The maximum absolute atomic E-state index is 13.2. The summed E-state index contributed by atoms with van der Waals surface area (Å²) < 4.78 is 48.1. The molecule has 1 N–H and O–H groups in total. The molecule has 0 bridgehead atoms. The number of fused-ring (bicyclic) bond motifs is 1. The van der Waals surface area contributed by atoms with E-state index in [9.17, 15) is 18.0 Å². The van der Waals surface area contributed by atoms with Gasteiger partial charge < -0.3 is 19.5 Å². The molecule has 1 amide bonds. The standard InChI is InChI=1S/C24H22F3NO2.2C2H6O/c1-15-11-16(2)13-19(12-15)28-10-9-17-3-6-21(14-22(17)23(28)29)30-20-7-4-18(5-8-20)24(25,26)27;1-3-2;1-2-3/h3-8,11-12,14,16H,9-10,13H2,1-2H3;1-2H3;3H,2H2,1H3. The van der Waals surface area contributed by atoms with Crippen molar-refractivity contribution in [1.29, 1.82) is 0 Å². The number of nitrogens with zero attached hydrogens (tertiary/aromatic N) is 1. The molecule has 0 spiro atoms. The molecule has 196 valence electrons. The Kier molecular flexibility index (Phi) is 10.7. The molecule has 1 aliphatic heterocycles. The Balaban J connectivity index is 0.000000693. The van der Waals surface area contributed by atoms with Crippen LogP contribution in [0.15, 0.2) is 65.9 Å². The molecule has 36 heavy (non-hydrogen) atoms. The van der Waals surface area contributed by atoms with E-state index >= 15 is 0 Å². The van der Waals surface area contributed by atoms with E-state index in [1.54, 1.807) is 33.3 Å². The van der Waals surface area contributed by atoms with Gasteiger partial charge in [-0.15, -0.1) is 0 Å². The van der Waals surface area contributed by atoms with E-state index in [1.165, 1.54) is 12.1 Å². The van der Waals surface area contributed by atoms with Gasteiger partial charge in [0.25, 0.3) is 5.91 Å². The Morgan fingerprint density at radius 3 is 2.22 bits per heavy atom. The smallest absolute Gasteiger partial charge is 0.416 e. The predicted octanol–water partition coefficient (Wildman–Crippen LogP) is 6.63. The third-order valence-corrected chi connectivity index (χ3v) is 5.40. The van der Waals surface area contributed by atoms with Gasteiger partial charge in [-0.05, 0) is 80.6 Å². The summed E-state index contributed by atoms with van der Waals surface area (Å²) in [6, 6.07) is 9.79. The molecule has 0 saturated carbocycles. The van der Waals surface area contributed by atoms with E-state index in [1.807, 2.05) is 17.9 Å². The highest BCUT2D eigenvalue weighted by atomic mass is 19.4. The van der Waals surface area contributed by atoms with Crippen LogP contribution in [-0.4, -0.2) is 43.3 Å². The number of aliphatic hydroxyl groups excluding tert-OH is 1. The van der Waals surface area contributed by atoms with Crippen molar-refractivity contribution in [3.8, 4) is 11.5 Å². The van der Waals surface area contributed by atoms with Crippen molar-refractivity contribution in [1.82, 2.24) is 4.90 Å². The van der Waals surface area contributed by atoms with Crippen LogP contribution < -0.4 is 4.74 Å². The minimum Gasteiger partial charge on any atom is -0.457 e. The minimum atomic E-state index is -4.39. The van der Waals surface area contributed by atoms with Gasteiger partial charge >= 0.3 is 6.18 Å². The highest BCUT2D eigenvalue weighted by Crippen LogP contribution is 2.34. The molecule has 1 unspecified atom stereocenters. The molecule has 0 aromatic heterocycles. The monoisotopic (exact) mass is 505 g/mol. The van der Waals surface area contributed by atoms with Gasteiger partial charge in [0.05, 0.1) is 5.56 Å². The molecule has 2 aromatic rings. The number of alkyl halides is 3. The fraction of sp³-hybridized carbons (Fsp3) is 0.393. The largest absolute Gasteiger partial charge is 0.457 e. The summed E-state index contributed by atoms with van der Waals surface area (Å²) in [5.74, 6) is 1.02. The number of allylic oxidation sites excluding steroid dienone is 4. The zero-order valence-electron chi connectivity index (χ0n) is 21.4. The maximum atomic E-state index is 13.2. The molecule has 0 fully saturated rings. The summed E-state index contributed by atoms with van der Waals surface area (Å²) >= 11 is 0. The Hall–Kier alpha value is -3.10. The van der Waals surface area contributed by atoms with E-state index in [2.05, 4.69) is 23.8 Å². The van der Waals surface area contributed by atoms with E-state index in [4.69, 9.17) is 9.84 Å². The van der Waals surface area contributed by atoms with Crippen LogP contribution in [0.25, 0.3) is 0 Å². The molecule has 2 aliphatic rings. The number of methoxy groups -OCH3 is 1. The zero-order valence-corrected chi connectivity index (χ0v) is 21.4. The lowest BCUT2D eigenvalue weighted by molar-refractivity contribution is -0.137. The van der Waals surface area contributed by atoms with Gasteiger partial charge in [-0.3, -0.25) is 4.79 Å². The highest BCUT2D eigenvalue weighted by molar-refractivity contribution is 5.98. The van der Waals surface area contributed by atoms with E-state index < -0.39 is 11.7 Å². The lowest BCUT2D eigenvalue weighted by Crippen LogP contribution is -2.37. The van der Waals surface area contributed by atoms with Gasteiger partial charge in [0.1, 0.15) is 11.5 Å². The molecule has 4 rings (SSSR count). The Morgan fingerprint density at radius 2 is 1.67 bits per heavy atom. The summed E-state index contributed by atoms with van der Waals surface area (Å²) in [6.45, 7) is 6.74. The Bertz CT molecular complexity index is 1070. The van der Waals surface area contributed by atoms with Crippen LogP contribution >= 0.6 is 0 Å². The first-order valence-corrected chi connectivity index (χ1v) is 11.7. The number of benzene rings is 2. The first kappa shape index (κ1) is 29.1. The van der Waals surface area contributed by atoms with Gasteiger partial charge in [0.2, 0.25) is 0 Å².